The monoisotopic (exact) mass is 504 g/mol. The highest BCUT2D eigenvalue weighted by atomic mass is 16.5. The highest BCUT2D eigenvalue weighted by Gasteiger charge is 2.33. The number of aromatic hydroxyl groups is 1. The molecule has 0 amide bonds. The van der Waals surface area contributed by atoms with Crippen molar-refractivity contribution in [1.82, 2.24) is 0 Å². The Morgan fingerprint density at radius 2 is 1.39 bits per heavy atom. The molecule has 0 radical (unpaired) electrons. The van der Waals surface area contributed by atoms with Gasteiger partial charge in [0.1, 0.15) is 11.5 Å². The summed E-state index contributed by atoms with van der Waals surface area (Å²) < 4.78 is 5.88. The number of para-hydroxylation sites is 1. The first-order chi connectivity index (χ1) is 18.6. The fraction of sp³-hybridized carbons (Fsp3) is 0.389. The minimum atomic E-state index is 0.360. The SMILES string of the molecule is CCOc1ccccc1Cc1c(O)ccc2ccc(C3CCC3c3ccc(C4CCC(C)CC4)cc3)cc12. The molecule has 6 rings (SSSR count). The Hall–Kier alpha value is -3.26. The Labute approximate surface area is 227 Å². The first-order valence-corrected chi connectivity index (χ1v) is 14.7. The molecular formula is C36H40O2. The molecule has 0 bridgehead atoms. The molecule has 2 fully saturated rings. The summed E-state index contributed by atoms with van der Waals surface area (Å²) in [6.07, 6.45) is 8.54. The number of phenolic OH excluding ortho intramolecular Hbond substituents is 1. The van der Waals surface area contributed by atoms with Crippen LogP contribution in [0.3, 0.4) is 0 Å². The van der Waals surface area contributed by atoms with E-state index in [0.29, 0.717) is 30.6 Å². The van der Waals surface area contributed by atoms with E-state index in [2.05, 4.69) is 55.5 Å². The molecule has 2 aliphatic carbocycles. The normalized spacial score (nSPS) is 23.2. The lowest BCUT2D eigenvalue weighted by Gasteiger charge is -2.38. The van der Waals surface area contributed by atoms with Crippen molar-refractivity contribution in [3.05, 3.63) is 107 Å². The van der Waals surface area contributed by atoms with Crippen LogP contribution in [-0.4, -0.2) is 11.7 Å². The number of rotatable bonds is 7. The van der Waals surface area contributed by atoms with Gasteiger partial charge in [0.05, 0.1) is 6.61 Å². The maximum absolute atomic E-state index is 10.9. The molecule has 4 aromatic rings. The Balaban J connectivity index is 1.26. The lowest BCUT2D eigenvalue weighted by molar-refractivity contribution is 0.337. The van der Waals surface area contributed by atoms with Gasteiger partial charge in [-0.15, -0.1) is 0 Å². The van der Waals surface area contributed by atoms with Crippen LogP contribution in [0.25, 0.3) is 10.8 Å². The molecule has 1 N–H and O–H groups in total. The van der Waals surface area contributed by atoms with E-state index >= 15 is 0 Å². The van der Waals surface area contributed by atoms with Gasteiger partial charge < -0.3 is 9.84 Å². The molecule has 4 aromatic carbocycles. The molecule has 2 unspecified atom stereocenters. The van der Waals surface area contributed by atoms with Gasteiger partial charge in [-0.2, -0.15) is 0 Å². The predicted molar refractivity (Wildman–Crippen MR) is 158 cm³/mol. The third kappa shape index (κ3) is 4.94. The van der Waals surface area contributed by atoms with Crippen molar-refractivity contribution in [3.8, 4) is 11.5 Å². The zero-order valence-electron chi connectivity index (χ0n) is 22.8. The maximum atomic E-state index is 10.9. The van der Waals surface area contributed by atoms with Gasteiger partial charge in [0.25, 0.3) is 0 Å². The average Bonchev–Trinajstić information content (AvgIpc) is 2.92. The molecule has 0 spiro atoms. The van der Waals surface area contributed by atoms with Crippen LogP contribution in [0.15, 0.2) is 78.9 Å². The summed E-state index contributed by atoms with van der Waals surface area (Å²) in [7, 11) is 0. The Bertz CT molecular complexity index is 1400. The molecule has 2 nitrogen and oxygen atoms in total. The summed E-state index contributed by atoms with van der Waals surface area (Å²) in [5.41, 5.74) is 6.50. The van der Waals surface area contributed by atoms with Crippen LogP contribution in [0, 0.1) is 5.92 Å². The van der Waals surface area contributed by atoms with Crippen LogP contribution in [0.1, 0.15) is 97.9 Å². The number of ether oxygens (including phenoxy) is 1. The van der Waals surface area contributed by atoms with Gasteiger partial charge in [0, 0.05) is 12.0 Å². The zero-order valence-corrected chi connectivity index (χ0v) is 22.8. The van der Waals surface area contributed by atoms with E-state index in [1.807, 2.05) is 37.3 Å². The van der Waals surface area contributed by atoms with Gasteiger partial charge in [-0.1, -0.05) is 86.5 Å². The van der Waals surface area contributed by atoms with Crippen LogP contribution < -0.4 is 4.74 Å². The number of phenols is 1. The number of hydrogen-bond acceptors (Lipinski definition) is 2. The molecule has 0 aliphatic heterocycles. The Morgan fingerprint density at radius 1 is 0.737 bits per heavy atom. The minimum Gasteiger partial charge on any atom is -0.508 e. The van der Waals surface area contributed by atoms with Crippen LogP contribution in [0.5, 0.6) is 11.5 Å². The highest BCUT2D eigenvalue weighted by molar-refractivity contribution is 5.89. The fourth-order valence-corrected chi connectivity index (χ4v) is 6.85. The van der Waals surface area contributed by atoms with Gasteiger partial charge in [0.2, 0.25) is 0 Å². The van der Waals surface area contributed by atoms with Crippen molar-refractivity contribution in [1.29, 1.82) is 0 Å². The van der Waals surface area contributed by atoms with Crippen molar-refractivity contribution in [2.45, 2.75) is 76.5 Å². The molecule has 2 atom stereocenters. The second-order valence-corrected chi connectivity index (χ2v) is 11.7. The minimum absolute atomic E-state index is 0.360. The zero-order chi connectivity index (χ0) is 26.1. The van der Waals surface area contributed by atoms with Gasteiger partial charge in [0.15, 0.2) is 0 Å². The van der Waals surface area contributed by atoms with Gasteiger partial charge in [-0.25, -0.2) is 0 Å². The summed E-state index contributed by atoms with van der Waals surface area (Å²) >= 11 is 0. The Kier molecular flexibility index (Phi) is 7.15. The van der Waals surface area contributed by atoms with Crippen LogP contribution in [-0.2, 0) is 6.42 Å². The van der Waals surface area contributed by atoms with Crippen molar-refractivity contribution < 1.29 is 9.84 Å². The topological polar surface area (TPSA) is 29.5 Å². The summed E-state index contributed by atoms with van der Waals surface area (Å²) in [5, 5.41) is 13.3. The van der Waals surface area contributed by atoms with Gasteiger partial charge in [-0.05, 0) is 101 Å². The summed E-state index contributed by atoms with van der Waals surface area (Å²) in [6.45, 7) is 5.04. The highest BCUT2D eigenvalue weighted by Crippen LogP contribution is 2.50. The molecule has 2 aliphatic rings. The average molecular weight is 505 g/mol. The van der Waals surface area contributed by atoms with Crippen molar-refractivity contribution in [2.24, 2.45) is 5.92 Å². The number of hydrogen-bond donors (Lipinski definition) is 1. The summed E-state index contributed by atoms with van der Waals surface area (Å²) in [6, 6.07) is 28.6. The summed E-state index contributed by atoms with van der Waals surface area (Å²) in [4.78, 5) is 0. The van der Waals surface area contributed by atoms with E-state index in [-0.39, 0.29) is 0 Å². The second kappa shape index (κ2) is 10.8. The smallest absolute Gasteiger partial charge is 0.122 e. The van der Waals surface area contributed by atoms with Crippen molar-refractivity contribution >= 4 is 10.8 Å². The molecule has 0 saturated heterocycles. The van der Waals surface area contributed by atoms with Crippen LogP contribution in [0.4, 0.5) is 0 Å². The standard InChI is InChI=1S/C36H40O2/c1-3-38-36-7-5-4-6-30(36)23-34-33-22-29(17-16-28(33)18-21-35(34)37)32-20-19-31(32)27-14-12-26(13-15-27)25-10-8-24(2)9-11-25/h4-7,12-18,21-22,24-25,31-32,37H,3,8-11,19-20,23H2,1-2H3. The van der Waals surface area contributed by atoms with Crippen LogP contribution >= 0.6 is 0 Å². The van der Waals surface area contributed by atoms with E-state index in [9.17, 15) is 5.11 Å². The molecule has 0 aromatic heterocycles. The molecule has 38 heavy (non-hydrogen) atoms. The second-order valence-electron chi connectivity index (χ2n) is 11.7. The molecule has 0 heterocycles. The van der Waals surface area contributed by atoms with Crippen molar-refractivity contribution in [3.63, 3.8) is 0 Å². The molecule has 196 valence electrons. The van der Waals surface area contributed by atoms with Crippen LogP contribution in [0.2, 0.25) is 0 Å². The first kappa shape index (κ1) is 25.0. The Morgan fingerprint density at radius 3 is 2.13 bits per heavy atom. The van der Waals surface area contributed by atoms with Crippen molar-refractivity contribution in [2.75, 3.05) is 6.61 Å². The van der Waals surface area contributed by atoms with Gasteiger partial charge >= 0.3 is 0 Å². The van der Waals surface area contributed by atoms with E-state index in [4.69, 9.17) is 4.74 Å². The quantitative estimate of drug-likeness (QED) is 0.271. The predicted octanol–water partition coefficient (Wildman–Crippen LogP) is 9.49. The lowest BCUT2D eigenvalue weighted by Crippen LogP contribution is -2.22. The van der Waals surface area contributed by atoms with E-state index < -0.39 is 0 Å². The van der Waals surface area contributed by atoms with E-state index in [1.165, 1.54) is 60.6 Å². The maximum Gasteiger partial charge on any atom is 0.122 e. The molecule has 2 saturated carbocycles. The third-order valence-electron chi connectivity index (χ3n) is 9.33. The molecule has 2 heteroatoms. The van der Waals surface area contributed by atoms with Gasteiger partial charge in [-0.3, -0.25) is 0 Å². The molecular weight excluding hydrogens is 464 g/mol. The number of benzene rings is 4. The van der Waals surface area contributed by atoms with E-state index in [0.717, 1.165) is 34.1 Å². The largest absolute Gasteiger partial charge is 0.508 e. The first-order valence-electron chi connectivity index (χ1n) is 14.7. The fourth-order valence-electron chi connectivity index (χ4n) is 6.85. The lowest BCUT2D eigenvalue weighted by atomic mass is 9.66. The third-order valence-corrected chi connectivity index (χ3v) is 9.33. The number of fused-ring (bicyclic) bond motifs is 1. The van der Waals surface area contributed by atoms with E-state index in [1.54, 1.807) is 0 Å². The summed E-state index contributed by atoms with van der Waals surface area (Å²) in [5.74, 6) is 4.01.